The van der Waals surface area contributed by atoms with Gasteiger partial charge < -0.3 is 43.2 Å². The third-order valence-corrected chi connectivity index (χ3v) is 12.0. The number of phosphoric acid groups is 1. The zero-order valence-electron chi connectivity index (χ0n) is 37.5. The number of rotatable bonds is 38. The summed E-state index contributed by atoms with van der Waals surface area (Å²) in [4.78, 5) is 50.7. The van der Waals surface area contributed by atoms with Crippen LogP contribution in [0.1, 0.15) is 174 Å². The number of hydrogen-bond donors (Lipinski definition) is 3. The molecule has 0 saturated heterocycles. The van der Waals surface area contributed by atoms with Crippen molar-refractivity contribution in [3.05, 3.63) is 12.2 Å². The lowest BCUT2D eigenvalue weighted by Crippen LogP contribution is -2.37. The number of likely N-dealkylation sites (N-methyl/N-ethyl adjacent to an activating group) is 1. The number of carbonyl (C=O) groups is 3. The van der Waals surface area contributed by atoms with E-state index >= 15 is 0 Å². The number of quaternary nitrogens is 1. The maximum absolute atomic E-state index is 12.9. The summed E-state index contributed by atoms with van der Waals surface area (Å²) in [5, 5.41) is 31.4. The SMILES string of the molecule is CCCCCCCCCCCCCCCCC(=O)OC[C@H](COP(=O)([O-])OCC[N+](C)(C)C)OC(=O)CCCCC(=O)C[C@@H]1[C@@H](/C=C/[C@@H](O)CCCCC)[C@H](O)C[C@@H]1O. The summed E-state index contributed by atoms with van der Waals surface area (Å²) >= 11 is 0. The number of aliphatic hydroxyl groups is 3. The normalized spacial score (nSPS) is 20.4. The molecule has 1 aliphatic carbocycles. The van der Waals surface area contributed by atoms with Crippen molar-refractivity contribution >= 4 is 25.5 Å². The van der Waals surface area contributed by atoms with Crippen molar-refractivity contribution in [2.24, 2.45) is 11.8 Å². The molecule has 13 nitrogen and oxygen atoms in total. The van der Waals surface area contributed by atoms with E-state index in [0.29, 0.717) is 36.7 Å². The molecule has 0 radical (unpaired) electrons. The molecule has 0 amide bonds. The predicted octanol–water partition coefficient (Wildman–Crippen LogP) is 7.90. The highest BCUT2D eigenvalue weighted by molar-refractivity contribution is 7.45. The van der Waals surface area contributed by atoms with E-state index in [1.165, 1.54) is 64.2 Å². The molecule has 1 unspecified atom stereocenters. The fourth-order valence-corrected chi connectivity index (χ4v) is 8.03. The molecule has 0 aromatic rings. The van der Waals surface area contributed by atoms with Crippen LogP contribution in [0.5, 0.6) is 0 Å². The molecule has 1 rings (SSSR count). The number of esters is 2. The van der Waals surface area contributed by atoms with E-state index < -0.39 is 62.6 Å². The molecule has 1 fully saturated rings. The van der Waals surface area contributed by atoms with E-state index in [4.69, 9.17) is 18.5 Å². The van der Waals surface area contributed by atoms with E-state index in [2.05, 4.69) is 13.8 Å². The first-order chi connectivity index (χ1) is 28.1. The third kappa shape index (κ3) is 30.1. The van der Waals surface area contributed by atoms with Crippen molar-refractivity contribution in [2.75, 3.05) is 47.5 Å². The van der Waals surface area contributed by atoms with Gasteiger partial charge in [0.25, 0.3) is 7.82 Å². The summed E-state index contributed by atoms with van der Waals surface area (Å²) in [6.07, 6.45) is 21.5. The Morgan fingerprint density at radius 2 is 1.25 bits per heavy atom. The Kier molecular flexibility index (Phi) is 30.9. The first-order valence-electron chi connectivity index (χ1n) is 23.1. The number of phosphoric ester groups is 1. The molecule has 0 aromatic heterocycles. The highest BCUT2D eigenvalue weighted by atomic mass is 31.2. The van der Waals surface area contributed by atoms with Gasteiger partial charge in [-0.2, -0.15) is 0 Å². The summed E-state index contributed by atoms with van der Waals surface area (Å²) < 4.78 is 33.8. The average Bonchev–Trinajstić information content (AvgIpc) is 3.43. The predicted molar refractivity (Wildman–Crippen MR) is 229 cm³/mol. The Bertz CT molecular complexity index is 1190. The number of aliphatic hydroxyl groups excluding tert-OH is 3. The van der Waals surface area contributed by atoms with Gasteiger partial charge in [-0.1, -0.05) is 129 Å². The van der Waals surface area contributed by atoms with Crippen molar-refractivity contribution < 1.29 is 62.2 Å². The van der Waals surface area contributed by atoms with Gasteiger partial charge >= 0.3 is 11.9 Å². The second-order valence-corrected chi connectivity index (χ2v) is 19.2. The fraction of sp³-hybridized carbons (Fsp3) is 0.889. The van der Waals surface area contributed by atoms with Crippen molar-refractivity contribution in [2.45, 2.75) is 199 Å². The molecule has 0 bridgehead atoms. The van der Waals surface area contributed by atoms with Crippen molar-refractivity contribution in [1.29, 1.82) is 0 Å². The molecule has 7 atom stereocenters. The second-order valence-electron chi connectivity index (χ2n) is 17.7. The van der Waals surface area contributed by atoms with Gasteiger partial charge in [0.15, 0.2) is 6.10 Å². The summed E-state index contributed by atoms with van der Waals surface area (Å²) in [6.45, 7) is 3.69. The molecule has 0 aromatic carbocycles. The van der Waals surface area contributed by atoms with Crippen LogP contribution in [0, 0.1) is 11.8 Å². The van der Waals surface area contributed by atoms with E-state index in [9.17, 15) is 39.2 Å². The van der Waals surface area contributed by atoms with E-state index in [1.54, 1.807) is 12.2 Å². The number of hydrogen-bond acceptors (Lipinski definition) is 12. The zero-order valence-corrected chi connectivity index (χ0v) is 38.4. The number of ether oxygens (including phenoxy) is 2. The molecule has 3 N–H and O–H groups in total. The third-order valence-electron chi connectivity index (χ3n) is 11.0. The van der Waals surface area contributed by atoms with Gasteiger partial charge in [-0.15, -0.1) is 0 Å². The van der Waals surface area contributed by atoms with E-state index in [0.717, 1.165) is 38.5 Å². The van der Waals surface area contributed by atoms with Crippen LogP contribution in [-0.4, -0.2) is 109 Å². The Labute approximate surface area is 357 Å². The quantitative estimate of drug-likeness (QED) is 0.0179. The number of carbonyl (C=O) groups excluding carboxylic acids is 3. The maximum atomic E-state index is 12.9. The first kappa shape index (κ1) is 55.3. The van der Waals surface area contributed by atoms with Gasteiger partial charge in [-0.3, -0.25) is 18.9 Å². The van der Waals surface area contributed by atoms with Crippen LogP contribution in [0.3, 0.4) is 0 Å². The molecule has 0 heterocycles. The standard InChI is InChI=1S/C45H84NO12P/c1-6-8-10-11-12-13-14-15-16-17-18-19-20-22-27-44(51)55-35-39(36-57-59(53,54)56-32-31-46(3,4)5)58-45(52)28-24-23-26-38(48)33-41-40(42(49)34-43(41)50)30-29-37(47)25-21-9-7-2/h29-30,37,39-43,47,49-50H,6-28,31-36H2,1-5H3/b30-29+/t37-,39+,40+,41+,42+,43-/m0/s1. The minimum absolute atomic E-state index is 0.0577. The lowest BCUT2D eigenvalue weighted by molar-refractivity contribution is -0.870. The van der Waals surface area contributed by atoms with Crippen molar-refractivity contribution in [3.8, 4) is 0 Å². The van der Waals surface area contributed by atoms with Gasteiger partial charge in [-0.05, 0) is 25.7 Å². The smallest absolute Gasteiger partial charge is 0.306 e. The summed E-state index contributed by atoms with van der Waals surface area (Å²) in [5.41, 5.74) is 0. The number of Topliss-reactive ketones (excluding diaryl/α,β-unsaturated/α-hetero) is 1. The minimum Gasteiger partial charge on any atom is -0.756 e. The minimum atomic E-state index is -4.73. The Morgan fingerprint density at radius 3 is 1.85 bits per heavy atom. The van der Waals surface area contributed by atoms with Crippen LogP contribution in [0.25, 0.3) is 0 Å². The van der Waals surface area contributed by atoms with E-state index in [1.807, 2.05) is 21.1 Å². The second kappa shape index (κ2) is 32.9. The van der Waals surface area contributed by atoms with Gasteiger partial charge in [0.1, 0.15) is 25.5 Å². The van der Waals surface area contributed by atoms with Crippen LogP contribution < -0.4 is 4.89 Å². The topological polar surface area (TPSA) is 189 Å². The molecule has 14 heteroatoms. The first-order valence-corrected chi connectivity index (χ1v) is 24.5. The zero-order chi connectivity index (χ0) is 43.9. The summed E-state index contributed by atoms with van der Waals surface area (Å²) in [6, 6.07) is 0. The number of ketones is 1. The van der Waals surface area contributed by atoms with Crippen LogP contribution in [0.2, 0.25) is 0 Å². The Hall–Kier alpha value is -1.70. The monoisotopic (exact) mass is 862 g/mol. The van der Waals surface area contributed by atoms with Crippen molar-refractivity contribution in [3.63, 3.8) is 0 Å². The van der Waals surface area contributed by atoms with Crippen LogP contribution in [0.4, 0.5) is 0 Å². The largest absolute Gasteiger partial charge is 0.756 e. The van der Waals surface area contributed by atoms with Gasteiger partial charge in [-0.25, -0.2) is 0 Å². The molecule has 59 heavy (non-hydrogen) atoms. The van der Waals surface area contributed by atoms with Gasteiger partial charge in [0.2, 0.25) is 0 Å². The van der Waals surface area contributed by atoms with Crippen LogP contribution >= 0.6 is 7.82 Å². The Balaban J connectivity index is 2.52. The molecular weight excluding hydrogens is 777 g/mol. The van der Waals surface area contributed by atoms with Gasteiger partial charge in [0, 0.05) is 43.9 Å². The highest BCUT2D eigenvalue weighted by Gasteiger charge is 2.41. The van der Waals surface area contributed by atoms with Crippen LogP contribution in [0.15, 0.2) is 12.2 Å². The summed E-state index contributed by atoms with van der Waals surface area (Å²) in [5.74, 6) is -2.13. The molecular formula is C45H84NO12P. The van der Waals surface area contributed by atoms with Crippen molar-refractivity contribution in [1.82, 2.24) is 0 Å². The van der Waals surface area contributed by atoms with E-state index in [-0.39, 0.29) is 51.1 Å². The fourth-order valence-electron chi connectivity index (χ4n) is 7.30. The highest BCUT2D eigenvalue weighted by Crippen LogP contribution is 2.39. The number of nitrogens with zero attached hydrogens (tertiary/aromatic N) is 1. The maximum Gasteiger partial charge on any atom is 0.306 e. The number of unbranched alkanes of at least 4 members (excludes halogenated alkanes) is 16. The molecule has 0 spiro atoms. The molecule has 0 aliphatic heterocycles. The summed E-state index contributed by atoms with van der Waals surface area (Å²) in [7, 11) is 0.944. The lowest BCUT2D eigenvalue weighted by atomic mass is 9.87. The van der Waals surface area contributed by atoms with Gasteiger partial charge in [0.05, 0.1) is 46.1 Å². The molecule has 346 valence electrons. The average molecular weight is 862 g/mol. The molecule has 1 saturated carbocycles. The lowest BCUT2D eigenvalue weighted by Gasteiger charge is -2.28. The Morgan fingerprint density at radius 1 is 0.729 bits per heavy atom. The molecule has 1 aliphatic rings. The van der Waals surface area contributed by atoms with Crippen LogP contribution in [-0.2, 0) is 37.5 Å².